The molecule has 454 valence electrons. The van der Waals surface area contributed by atoms with E-state index in [-0.39, 0.29) is 123 Å². The van der Waals surface area contributed by atoms with Gasteiger partial charge >= 0.3 is 5.97 Å². The Bertz CT molecular complexity index is 1740. The maximum absolute atomic E-state index is 13.7. The largest absolute Gasteiger partial charge is 0.394 e. The number of nitrogens with zero attached hydrogens (tertiary/aromatic N) is 1. The zero-order valence-electron chi connectivity index (χ0n) is 43.4. The van der Waals surface area contributed by atoms with Crippen LogP contribution in [0.2, 0.25) is 0 Å². The molecule has 32 nitrogen and oxygen atoms in total. The number of carbonyl (C=O) groups excluding carboxylic acids is 7. The summed E-state index contributed by atoms with van der Waals surface area (Å²) in [7, 11) is 0. The molecule has 0 aromatic carbocycles. The first kappa shape index (κ1) is 67.6. The minimum absolute atomic E-state index is 0.0504. The van der Waals surface area contributed by atoms with Crippen molar-refractivity contribution in [3.05, 3.63) is 0 Å². The zero-order chi connectivity index (χ0) is 58.2. The predicted molar refractivity (Wildman–Crippen MR) is 254 cm³/mol. The molecule has 14 N–H and O–H groups in total. The van der Waals surface area contributed by atoms with Gasteiger partial charge in [0.15, 0.2) is 18.9 Å². The summed E-state index contributed by atoms with van der Waals surface area (Å²) in [6.45, 7) is -4.70. The van der Waals surface area contributed by atoms with Crippen molar-refractivity contribution in [1.82, 2.24) is 15.7 Å². The van der Waals surface area contributed by atoms with Crippen LogP contribution < -0.4 is 10.6 Å². The smallest absolute Gasteiger partial charge is 0.333 e. The maximum atomic E-state index is 13.7. The zero-order valence-corrected chi connectivity index (χ0v) is 43.4. The van der Waals surface area contributed by atoms with Crippen molar-refractivity contribution in [1.29, 1.82) is 0 Å². The summed E-state index contributed by atoms with van der Waals surface area (Å²) in [4.78, 5) is 93.7. The number of aliphatic hydroxyl groups is 12. The van der Waals surface area contributed by atoms with Crippen LogP contribution in [-0.2, 0) is 81.0 Å². The number of hydrogen-bond donors (Lipinski definition) is 14. The average Bonchev–Trinajstić information content (AvgIpc) is 3.77. The van der Waals surface area contributed by atoms with E-state index in [2.05, 4.69) is 10.6 Å². The van der Waals surface area contributed by atoms with Crippen molar-refractivity contribution < 1.29 is 142 Å². The first-order valence-corrected chi connectivity index (χ1v) is 25.8. The van der Waals surface area contributed by atoms with E-state index in [1.807, 2.05) is 0 Å². The van der Waals surface area contributed by atoms with Gasteiger partial charge in [-0.3, -0.25) is 28.8 Å². The van der Waals surface area contributed by atoms with Crippen LogP contribution in [0.3, 0.4) is 0 Å². The van der Waals surface area contributed by atoms with Crippen LogP contribution >= 0.6 is 0 Å². The second-order valence-corrected chi connectivity index (χ2v) is 19.2. The third kappa shape index (κ3) is 21.4. The molecule has 15 atom stereocenters. The highest BCUT2D eigenvalue weighted by Gasteiger charge is 2.46. The number of aliphatic hydroxyl groups excluding tert-OH is 12. The van der Waals surface area contributed by atoms with Gasteiger partial charge in [0.25, 0.3) is 11.8 Å². The molecule has 0 saturated carbocycles. The van der Waals surface area contributed by atoms with Crippen molar-refractivity contribution >= 4 is 41.2 Å². The van der Waals surface area contributed by atoms with Crippen molar-refractivity contribution in [2.45, 2.75) is 156 Å². The van der Waals surface area contributed by atoms with Gasteiger partial charge in [0.05, 0.1) is 85.7 Å². The summed E-state index contributed by atoms with van der Waals surface area (Å²) in [6.07, 6.45) is -25.1. The minimum atomic E-state index is -1.68. The molecule has 79 heavy (non-hydrogen) atoms. The number of hydroxylamine groups is 2. The number of Topliss-reactive ketones (excluding diaryl/α,β-unsaturated/α-hetero) is 2. The monoisotopic (exact) mass is 1150 g/mol. The fourth-order valence-electron chi connectivity index (χ4n) is 8.33. The first-order valence-electron chi connectivity index (χ1n) is 25.8. The van der Waals surface area contributed by atoms with Gasteiger partial charge in [0.1, 0.15) is 84.8 Å². The summed E-state index contributed by atoms with van der Waals surface area (Å²) in [6, 6.07) is 0. The lowest BCUT2D eigenvalue weighted by atomic mass is 9.84. The van der Waals surface area contributed by atoms with Crippen LogP contribution in [-0.4, -0.2) is 292 Å². The molecule has 4 aliphatic rings. The van der Waals surface area contributed by atoms with Crippen LogP contribution in [0.4, 0.5) is 0 Å². The lowest BCUT2D eigenvalue weighted by Crippen LogP contribution is -2.59. The Labute approximate surface area is 452 Å². The van der Waals surface area contributed by atoms with Crippen LogP contribution in [0.25, 0.3) is 0 Å². The molecule has 4 aliphatic heterocycles. The Balaban J connectivity index is 1.36. The molecule has 4 amide bonds. The van der Waals surface area contributed by atoms with E-state index in [9.17, 15) is 94.8 Å². The lowest BCUT2D eigenvalue weighted by molar-refractivity contribution is -0.301. The normalized spacial score (nSPS) is 30.3. The van der Waals surface area contributed by atoms with Gasteiger partial charge in [0.2, 0.25) is 11.8 Å². The second-order valence-electron chi connectivity index (χ2n) is 19.2. The van der Waals surface area contributed by atoms with E-state index < -0.39 is 172 Å². The molecule has 0 aromatic rings. The lowest BCUT2D eigenvalue weighted by Gasteiger charge is -2.39. The Morgan fingerprint density at radius 3 is 1.28 bits per heavy atom. The van der Waals surface area contributed by atoms with Crippen LogP contribution in [0.1, 0.15) is 64.2 Å². The predicted octanol–water partition coefficient (Wildman–Crippen LogP) is -8.43. The van der Waals surface area contributed by atoms with Gasteiger partial charge in [-0.1, -0.05) is 0 Å². The van der Waals surface area contributed by atoms with Crippen LogP contribution in [0, 0.1) is 5.41 Å². The van der Waals surface area contributed by atoms with E-state index >= 15 is 0 Å². The van der Waals surface area contributed by atoms with Gasteiger partial charge < -0.3 is 119 Å². The fourth-order valence-corrected chi connectivity index (χ4v) is 8.33. The number of imide groups is 1. The van der Waals surface area contributed by atoms with E-state index in [0.717, 1.165) is 0 Å². The molecule has 0 bridgehead atoms. The molecule has 0 radical (unpaired) electrons. The molecule has 0 spiro atoms. The second kappa shape index (κ2) is 34.5. The highest BCUT2D eigenvalue weighted by molar-refractivity contribution is 6.01. The quantitative estimate of drug-likeness (QED) is 0.0203. The number of rotatable bonds is 37. The van der Waals surface area contributed by atoms with Gasteiger partial charge in [-0.15, -0.1) is 5.06 Å². The highest BCUT2D eigenvalue weighted by atomic mass is 16.7. The molecule has 4 saturated heterocycles. The fraction of sp³-hybridized carbons (Fsp3) is 0.851. The van der Waals surface area contributed by atoms with E-state index in [1.54, 1.807) is 0 Å². The third-order valence-corrected chi connectivity index (χ3v) is 12.9. The number of ketones is 2. The number of carbonyl (C=O) groups is 7. The van der Waals surface area contributed by atoms with Gasteiger partial charge in [0, 0.05) is 69.9 Å². The Kier molecular flexibility index (Phi) is 29.5. The van der Waals surface area contributed by atoms with Crippen LogP contribution in [0.15, 0.2) is 0 Å². The van der Waals surface area contributed by atoms with Crippen molar-refractivity contribution in [3.8, 4) is 0 Å². The van der Waals surface area contributed by atoms with Gasteiger partial charge in [-0.2, -0.15) is 0 Å². The molecular weight excluding hydrogens is 1070 g/mol. The summed E-state index contributed by atoms with van der Waals surface area (Å²) < 4.78 is 49.8. The van der Waals surface area contributed by atoms with Crippen LogP contribution in [0.5, 0.6) is 0 Å². The number of nitrogens with one attached hydrogen (secondary N) is 2. The van der Waals surface area contributed by atoms with E-state index in [4.69, 9.17) is 47.5 Å². The Morgan fingerprint density at radius 1 is 0.481 bits per heavy atom. The highest BCUT2D eigenvalue weighted by Crippen LogP contribution is 2.28. The van der Waals surface area contributed by atoms with Crippen molar-refractivity contribution in [2.75, 3.05) is 92.4 Å². The Morgan fingerprint density at radius 2 is 0.873 bits per heavy atom. The first-order chi connectivity index (χ1) is 37.6. The summed E-state index contributed by atoms with van der Waals surface area (Å²) in [5.41, 5.74) is -1.45. The number of amides is 4. The molecule has 0 aromatic heterocycles. The molecule has 4 heterocycles. The third-order valence-electron chi connectivity index (χ3n) is 12.9. The molecule has 0 unspecified atom stereocenters. The van der Waals surface area contributed by atoms with Gasteiger partial charge in [-0.25, -0.2) is 4.79 Å². The van der Waals surface area contributed by atoms with Gasteiger partial charge in [-0.05, 0) is 6.42 Å². The van der Waals surface area contributed by atoms with E-state index in [0.29, 0.717) is 5.06 Å². The SMILES string of the molecule is O=C(CCCO[C@H]1O[C@H](CO)[C@@H](O)[C@H](O)[C@@H]1O)CCOCC(COCCC(=O)NCCO[C@H]1O[C@H](CO)[C@@H](O)[C@H](O)[C@@H]1O)(COCCC(=O)NCCO[C@H]1O[C@H](CO)[C@@H](O)[C@H](O)[C@@H]1O)CC(=O)CCC(=O)ON1C(=O)CCC1=O. The minimum Gasteiger partial charge on any atom is -0.394 e. The summed E-state index contributed by atoms with van der Waals surface area (Å²) >= 11 is 0. The summed E-state index contributed by atoms with van der Waals surface area (Å²) in [5, 5.41) is 124. The summed E-state index contributed by atoms with van der Waals surface area (Å²) in [5.74, 6) is -4.53. The topological polar surface area (TPSA) is 482 Å². The molecule has 4 rings (SSSR count). The maximum Gasteiger partial charge on any atom is 0.333 e. The standard InChI is InChI=1S/C47H77N3O29/c51-19-27-35(61)38(64)41(67)44(76-27)73-12-1-2-25(54)7-13-70-22-47(18-26(55)3-6-34(60)79-50-32(58)4-5-33(50)59,23-71-14-8-30(56)48-10-16-74-45-42(68)39(65)36(62)28(20-52)77-45)24-72-15-9-31(57)49-11-17-75-46-43(69)40(66)37(63)29(21-53)78-46/h27-29,35-46,51-53,61-69H,1-24H2,(H,48,56)(H,49,57)/t27-,28-,29-,35-,36-,37-,38+,39+,40+,41+,42+,43+,44+,45+,46+/m1/s1. The Hall–Kier alpha value is -3.95. The van der Waals surface area contributed by atoms with E-state index in [1.165, 1.54) is 0 Å². The number of ether oxygens (including phenoxy) is 9. The average molecular weight is 1150 g/mol. The van der Waals surface area contributed by atoms with Crippen molar-refractivity contribution in [3.63, 3.8) is 0 Å². The number of hydrogen-bond acceptors (Lipinski definition) is 29. The molecule has 4 fully saturated rings. The molecule has 32 heteroatoms. The molecular formula is C47H77N3O29. The molecule has 0 aliphatic carbocycles. The van der Waals surface area contributed by atoms with Crippen molar-refractivity contribution in [2.24, 2.45) is 5.41 Å².